The van der Waals surface area contributed by atoms with Gasteiger partial charge in [-0.2, -0.15) is 26.3 Å². The van der Waals surface area contributed by atoms with E-state index >= 15 is 0 Å². The number of hydrogen-bond donors (Lipinski definition) is 1. The van der Waals surface area contributed by atoms with Gasteiger partial charge in [0.05, 0.1) is 11.1 Å². The fraction of sp³-hybridized carbons (Fsp3) is 0.364. The van der Waals surface area contributed by atoms with Gasteiger partial charge >= 0.3 is 12.4 Å². The molecule has 1 aromatic carbocycles. The molecule has 1 atom stereocenters. The van der Waals surface area contributed by atoms with Crippen molar-refractivity contribution in [2.24, 2.45) is 0 Å². The molecule has 0 saturated heterocycles. The van der Waals surface area contributed by atoms with Gasteiger partial charge < -0.3 is 5.32 Å². The predicted octanol–water partition coefficient (Wildman–Crippen LogP) is 4.29. The quantitative estimate of drug-likeness (QED) is 0.639. The highest BCUT2D eigenvalue weighted by molar-refractivity contribution is 6.32. The van der Waals surface area contributed by atoms with Gasteiger partial charge in [-0.25, -0.2) is 0 Å². The summed E-state index contributed by atoms with van der Waals surface area (Å²) in [6.45, 7) is 1.23. The van der Waals surface area contributed by atoms with Crippen LogP contribution >= 0.6 is 11.6 Å². The summed E-state index contributed by atoms with van der Waals surface area (Å²) in [5.41, 5.74) is -3.64. The molecule has 1 unspecified atom stereocenters. The fourth-order valence-corrected chi connectivity index (χ4v) is 1.32. The van der Waals surface area contributed by atoms with Crippen LogP contribution < -0.4 is 5.32 Å². The molecule has 1 rings (SSSR count). The topological polar surface area (TPSA) is 29.1 Å². The number of benzene rings is 1. The van der Waals surface area contributed by atoms with Gasteiger partial charge in [-0.3, -0.25) is 4.79 Å². The van der Waals surface area contributed by atoms with Crippen LogP contribution in [0, 0.1) is 0 Å². The van der Waals surface area contributed by atoms with Crippen LogP contribution in [0.15, 0.2) is 18.2 Å². The van der Waals surface area contributed by atoms with Gasteiger partial charge in [0.2, 0.25) is 5.91 Å². The van der Waals surface area contributed by atoms with Crippen molar-refractivity contribution in [1.29, 1.82) is 0 Å². The molecule has 9 heteroatoms. The van der Waals surface area contributed by atoms with E-state index in [2.05, 4.69) is 0 Å². The molecule has 1 aromatic rings. The van der Waals surface area contributed by atoms with E-state index in [9.17, 15) is 31.1 Å². The molecule has 20 heavy (non-hydrogen) atoms. The smallest absolute Gasteiger partial charge is 0.325 e. The number of hydrogen-bond acceptors (Lipinski definition) is 1. The van der Waals surface area contributed by atoms with Crippen molar-refractivity contribution in [3.05, 3.63) is 29.3 Å². The molecule has 0 bridgehead atoms. The van der Waals surface area contributed by atoms with E-state index in [1.54, 1.807) is 0 Å². The minimum atomic E-state index is -4.96. The Balaban J connectivity index is 3.28. The lowest BCUT2D eigenvalue weighted by atomic mass is 10.1. The van der Waals surface area contributed by atoms with E-state index in [1.807, 2.05) is 5.32 Å². The summed E-state index contributed by atoms with van der Waals surface area (Å²) < 4.78 is 75.2. The van der Waals surface area contributed by atoms with Crippen molar-refractivity contribution in [1.82, 2.24) is 0 Å². The van der Waals surface area contributed by atoms with E-state index < -0.39 is 40.5 Å². The van der Waals surface area contributed by atoms with Gasteiger partial charge in [0.25, 0.3) is 0 Å². The lowest BCUT2D eigenvalue weighted by Crippen LogP contribution is -2.21. The highest BCUT2D eigenvalue weighted by Gasteiger charge is 2.37. The molecular formula is C11H8ClF6NO. The first-order chi connectivity index (χ1) is 8.91. The Hall–Kier alpha value is -1.44. The molecule has 0 aliphatic rings. The third kappa shape index (κ3) is 4.29. The number of nitrogens with one attached hydrogen (secondary N) is 1. The maximum absolute atomic E-state index is 12.5. The third-order valence-corrected chi connectivity index (χ3v) is 2.41. The largest absolute Gasteiger partial charge is 0.416 e. The van der Waals surface area contributed by atoms with Crippen LogP contribution in [0.25, 0.3) is 0 Å². The van der Waals surface area contributed by atoms with E-state index in [-0.39, 0.29) is 6.07 Å². The second-order valence-electron chi connectivity index (χ2n) is 3.90. The average Bonchev–Trinajstić information content (AvgIpc) is 2.26. The van der Waals surface area contributed by atoms with Gasteiger partial charge in [-0.05, 0) is 25.1 Å². The SMILES string of the molecule is CC(Cl)C(=O)Nc1cc(C(F)(F)F)cc(C(F)(F)F)c1. The molecule has 0 radical (unpaired) electrons. The zero-order valence-electron chi connectivity index (χ0n) is 9.86. The number of amides is 1. The monoisotopic (exact) mass is 319 g/mol. The van der Waals surface area contributed by atoms with Gasteiger partial charge in [0.1, 0.15) is 5.38 Å². The third-order valence-electron chi connectivity index (χ3n) is 2.22. The molecule has 1 amide bonds. The Bertz CT molecular complexity index is 476. The van der Waals surface area contributed by atoms with E-state index in [0.717, 1.165) is 0 Å². The molecule has 2 nitrogen and oxygen atoms in total. The van der Waals surface area contributed by atoms with Gasteiger partial charge in [-0.1, -0.05) is 0 Å². The summed E-state index contributed by atoms with van der Waals surface area (Å²) in [6, 6.07) is 0.790. The van der Waals surface area contributed by atoms with Crippen LogP contribution in [-0.4, -0.2) is 11.3 Å². The highest BCUT2D eigenvalue weighted by atomic mass is 35.5. The Kier molecular flexibility index (Phi) is 4.58. The van der Waals surface area contributed by atoms with Crippen molar-refractivity contribution in [3.63, 3.8) is 0 Å². The van der Waals surface area contributed by atoms with Crippen molar-refractivity contribution in [3.8, 4) is 0 Å². The Labute approximate surface area is 114 Å². The zero-order chi connectivity index (χ0) is 15.7. The number of rotatable bonds is 2. The Morgan fingerprint density at radius 1 is 1.05 bits per heavy atom. The molecule has 0 aliphatic carbocycles. The van der Waals surface area contributed by atoms with Gasteiger partial charge in [0.15, 0.2) is 0 Å². The standard InChI is InChI=1S/C11H8ClF6NO/c1-5(12)9(20)19-8-3-6(10(13,14)15)2-7(4-8)11(16,17)18/h2-5H,1H3,(H,19,20). The van der Waals surface area contributed by atoms with Crippen molar-refractivity contribution in [2.45, 2.75) is 24.7 Å². The molecule has 0 aliphatic heterocycles. The van der Waals surface area contributed by atoms with Crippen LogP contribution in [0.4, 0.5) is 32.0 Å². The second kappa shape index (κ2) is 5.51. The molecule has 0 fully saturated rings. The molecular weight excluding hydrogens is 312 g/mol. The lowest BCUT2D eigenvalue weighted by Gasteiger charge is -2.15. The van der Waals surface area contributed by atoms with Gasteiger partial charge in [0, 0.05) is 5.69 Å². The van der Waals surface area contributed by atoms with Crippen LogP contribution in [0.3, 0.4) is 0 Å². The summed E-state index contributed by atoms with van der Waals surface area (Å²) in [4.78, 5) is 11.2. The molecule has 0 saturated carbocycles. The maximum atomic E-state index is 12.5. The van der Waals surface area contributed by atoms with E-state index in [0.29, 0.717) is 12.1 Å². The summed E-state index contributed by atoms with van der Waals surface area (Å²) >= 11 is 5.38. The van der Waals surface area contributed by atoms with E-state index in [4.69, 9.17) is 11.6 Å². The van der Waals surface area contributed by atoms with Crippen LogP contribution in [0.1, 0.15) is 18.1 Å². The minimum absolute atomic E-state index is 0.0280. The number of alkyl halides is 7. The molecule has 112 valence electrons. The summed E-state index contributed by atoms with van der Waals surface area (Å²) in [5, 5.41) is 0.797. The number of carbonyl (C=O) groups is 1. The highest BCUT2D eigenvalue weighted by Crippen LogP contribution is 2.37. The van der Waals surface area contributed by atoms with Crippen molar-refractivity contribution < 1.29 is 31.1 Å². The number of carbonyl (C=O) groups excluding carboxylic acids is 1. The fourth-order valence-electron chi connectivity index (χ4n) is 1.27. The Morgan fingerprint density at radius 2 is 1.45 bits per heavy atom. The first kappa shape index (κ1) is 16.6. The van der Waals surface area contributed by atoms with Crippen molar-refractivity contribution in [2.75, 3.05) is 5.32 Å². The normalized spacial score (nSPS) is 14.0. The maximum Gasteiger partial charge on any atom is 0.416 e. The summed E-state index contributed by atoms with van der Waals surface area (Å²) in [5.74, 6) is -0.904. The van der Waals surface area contributed by atoms with Crippen LogP contribution in [0.5, 0.6) is 0 Å². The first-order valence-electron chi connectivity index (χ1n) is 5.15. The molecule has 0 spiro atoms. The minimum Gasteiger partial charge on any atom is -0.325 e. The van der Waals surface area contributed by atoms with E-state index in [1.165, 1.54) is 6.92 Å². The summed E-state index contributed by atoms with van der Waals surface area (Å²) in [6.07, 6.45) is -9.93. The van der Waals surface area contributed by atoms with Crippen LogP contribution in [0.2, 0.25) is 0 Å². The molecule has 0 aromatic heterocycles. The predicted molar refractivity (Wildman–Crippen MR) is 60.4 cm³/mol. The van der Waals surface area contributed by atoms with Crippen LogP contribution in [-0.2, 0) is 17.1 Å². The van der Waals surface area contributed by atoms with Crippen molar-refractivity contribution >= 4 is 23.2 Å². The average molecular weight is 320 g/mol. The number of anilines is 1. The van der Waals surface area contributed by atoms with Gasteiger partial charge in [-0.15, -0.1) is 11.6 Å². The summed E-state index contributed by atoms with van der Waals surface area (Å²) in [7, 11) is 0. The second-order valence-corrected chi connectivity index (χ2v) is 4.55. The zero-order valence-corrected chi connectivity index (χ0v) is 10.6. The molecule has 0 heterocycles. The first-order valence-corrected chi connectivity index (χ1v) is 5.59. The Morgan fingerprint density at radius 3 is 1.75 bits per heavy atom. The lowest BCUT2D eigenvalue weighted by molar-refractivity contribution is -0.143. The number of halogens is 7. The molecule has 1 N–H and O–H groups in total.